The first-order valence-electron chi connectivity index (χ1n) is 6.44. The lowest BCUT2D eigenvalue weighted by atomic mass is 10.1. The van der Waals surface area contributed by atoms with Crippen molar-refractivity contribution in [2.75, 3.05) is 11.4 Å². The molecule has 2 atom stereocenters. The lowest BCUT2D eigenvalue weighted by molar-refractivity contribution is -0.384. The number of nitrogens with two attached hydrogens (primary N) is 1. The van der Waals surface area contributed by atoms with Gasteiger partial charge in [0.05, 0.1) is 11.0 Å². The smallest absolute Gasteiger partial charge is 0.292 e. The molecule has 1 amide bonds. The van der Waals surface area contributed by atoms with Gasteiger partial charge in [-0.3, -0.25) is 14.9 Å². The molecule has 1 saturated heterocycles. The van der Waals surface area contributed by atoms with E-state index in [1.54, 1.807) is 24.0 Å². The van der Waals surface area contributed by atoms with Crippen LogP contribution in [0.3, 0.4) is 0 Å². The minimum Gasteiger partial charge on any atom is -0.389 e. The predicted octanol–water partition coefficient (Wildman–Crippen LogP) is 1.10. The third kappa shape index (κ3) is 2.57. The van der Waals surface area contributed by atoms with Crippen molar-refractivity contribution >= 4 is 17.3 Å². The van der Waals surface area contributed by atoms with Crippen LogP contribution in [0.4, 0.5) is 11.4 Å². The Morgan fingerprint density at radius 2 is 2.30 bits per heavy atom. The molecule has 0 aliphatic carbocycles. The van der Waals surface area contributed by atoms with Crippen LogP contribution in [-0.2, 0) is 4.79 Å². The highest BCUT2D eigenvalue weighted by Crippen LogP contribution is 2.35. The van der Waals surface area contributed by atoms with Crippen molar-refractivity contribution in [2.24, 2.45) is 5.73 Å². The van der Waals surface area contributed by atoms with E-state index in [0.717, 1.165) is 6.42 Å². The van der Waals surface area contributed by atoms with Crippen LogP contribution < -0.4 is 10.6 Å². The van der Waals surface area contributed by atoms with Crippen LogP contribution in [0, 0.1) is 10.1 Å². The molecule has 2 rings (SSSR count). The number of rotatable bonds is 4. The highest BCUT2D eigenvalue weighted by molar-refractivity contribution is 5.85. The number of primary amides is 1. The van der Waals surface area contributed by atoms with Gasteiger partial charge >= 0.3 is 0 Å². The maximum atomic E-state index is 11.4. The van der Waals surface area contributed by atoms with E-state index in [4.69, 9.17) is 5.73 Å². The van der Waals surface area contributed by atoms with Gasteiger partial charge in [-0.15, -0.1) is 0 Å². The van der Waals surface area contributed by atoms with Crippen molar-refractivity contribution in [3.8, 4) is 0 Å². The molecular weight excluding hydrogens is 262 g/mol. The average Bonchev–Trinajstić information content (AvgIpc) is 2.86. The van der Waals surface area contributed by atoms with Crippen LogP contribution in [0.1, 0.15) is 31.4 Å². The van der Waals surface area contributed by atoms with Crippen molar-refractivity contribution in [1.82, 2.24) is 0 Å². The third-order valence-electron chi connectivity index (χ3n) is 3.57. The van der Waals surface area contributed by atoms with Gasteiger partial charge in [0, 0.05) is 12.6 Å². The number of hydrogen-bond acceptors (Lipinski definition) is 5. The summed E-state index contributed by atoms with van der Waals surface area (Å²) >= 11 is 0. The summed E-state index contributed by atoms with van der Waals surface area (Å²) in [7, 11) is 0. The van der Waals surface area contributed by atoms with Crippen molar-refractivity contribution < 1.29 is 14.8 Å². The van der Waals surface area contributed by atoms with E-state index < -0.39 is 23.0 Å². The van der Waals surface area contributed by atoms with Gasteiger partial charge in [0.2, 0.25) is 5.91 Å². The molecule has 2 unspecified atom stereocenters. The molecule has 1 heterocycles. The van der Waals surface area contributed by atoms with Gasteiger partial charge in [0.1, 0.15) is 11.7 Å². The number of nitro benzene ring substituents is 1. The van der Waals surface area contributed by atoms with Crippen LogP contribution in [0.2, 0.25) is 0 Å². The molecule has 1 aliphatic rings. The molecule has 1 aromatic carbocycles. The number of anilines is 1. The van der Waals surface area contributed by atoms with Crippen LogP contribution in [0.15, 0.2) is 18.2 Å². The highest BCUT2D eigenvalue weighted by atomic mass is 16.6. The first-order chi connectivity index (χ1) is 9.41. The lowest BCUT2D eigenvalue weighted by Gasteiger charge is -2.24. The Balaban J connectivity index is 2.45. The Morgan fingerprint density at radius 3 is 2.85 bits per heavy atom. The number of benzene rings is 1. The Kier molecular flexibility index (Phi) is 3.89. The van der Waals surface area contributed by atoms with Gasteiger partial charge in [-0.05, 0) is 31.4 Å². The van der Waals surface area contributed by atoms with E-state index in [0.29, 0.717) is 24.2 Å². The highest BCUT2D eigenvalue weighted by Gasteiger charge is 2.33. The molecule has 0 saturated carbocycles. The maximum absolute atomic E-state index is 11.4. The lowest BCUT2D eigenvalue weighted by Crippen LogP contribution is -2.40. The second kappa shape index (κ2) is 5.46. The molecule has 7 heteroatoms. The van der Waals surface area contributed by atoms with Crippen LogP contribution in [0.25, 0.3) is 0 Å². The SMILES string of the molecule is CC(O)c1ccc(N2CCCC2C(N)=O)c([N+](=O)[O-])c1. The summed E-state index contributed by atoms with van der Waals surface area (Å²) < 4.78 is 0. The van der Waals surface area contributed by atoms with Gasteiger partial charge in [-0.2, -0.15) is 0 Å². The predicted molar refractivity (Wildman–Crippen MR) is 73.3 cm³/mol. The standard InChI is InChI=1S/C13H17N3O4/c1-8(17)9-4-5-10(12(7-9)16(19)20)15-6-2-3-11(15)13(14)18/h4-5,7-8,11,17H,2-3,6H2,1H3,(H2,14,18). The van der Waals surface area contributed by atoms with Crippen molar-refractivity contribution in [3.63, 3.8) is 0 Å². The number of nitro groups is 1. The number of aliphatic hydroxyl groups excluding tert-OH is 1. The molecule has 1 aliphatic heterocycles. The van der Waals surface area contributed by atoms with Gasteiger partial charge in [0.15, 0.2) is 0 Å². The van der Waals surface area contributed by atoms with E-state index >= 15 is 0 Å². The van der Waals surface area contributed by atoms with Crippen LogP contribution in [-0.4, -0.2) is 28.5 Å². The van der Waals surface area contributed by atoms with E-state index in [1.165, 1.54) is 6.07 Å². The molecule has 108 valence electrons. The quantitative estimate of drug-likeness (QED) is 0.633. The molecule has 1 aromatic rings. The molecular formula is C13H17N3O4. The normalized spacial score (nSPS) is 19.9. The average molecular weight is 279 g/mol. The van der Waals surface area contributed by atoms with Crippen molar-refractivity contribution in [3.05, 3.63) is 33.9 Å². The summed E-state index contributed by atoms with van der Waals surface area (Å²) in [5.74, 6) is -0.476. The topological polar surface area (TPSA) is 110 Å². The second-order valence-corrected chi connectivity index (χ2v) is 4.94. The van der Waals surface area contributed by atoms with Gasteiger partial charge in [0.25, 0.3) is 5.69 Å². The largest absolute Gasteiger partial charge is 0.389 e. The number of nitrogens with zero attached hydrogens (tertiary/aromatic N) is 2. The Bertz CT molecular complexity index is 544. The zero-order valence-corrected chi connectivity index (χ0v) is 11.2. The van der Waals surface area contributed by atoms with E-state index in [2.05, 4.69) is 0 Å². The first kappa shape index (κ1) is 14.3. The fraction of sp³-hybridized carbons (Fsp3) is 0.462. The Hall–Kier alpha value is -2.15. The molecule has 0 bridgehead atoms. The van der Waals surface area contributed by atoms with Gasteiger partial charge in [-0.25, -0.2) is 0 Å². The summed E-state index contributed by atoms with van der Waals surface area (Å²) in [5.41, 5.74) is 6.07. The van der Waals surface area contributed by atoms with E-state index in [1.807, 2.05) is 0 Å². The fourth-order valence-electron chi connectivity index (χ4n) is 2.54. The monoisotopic (exact) mass is 279 g/mol. The molecule has 3 N–H and O–H groups in total. The van der Waals surface area contributed by atoms with Crippen LogP contribution in [0.5, 0.6) is 0 Å². The molecule has 0 aromatic heterocycles. The summed E-state index contributed by atoms with van der Waals surface area (Å²) in [6.07, 6.45) is 0.585. The molecule has 0 radical (unpaired) electrons. The van der Waals surface area contributed by atoms with Gasteiger partial charge in [-0.1, -0.05) is 6.07 Å². The number of carbonyl (C=O) groups is 1. The molecule has 20 heavy (non-hydrogen) atoms. The summed E-state index contributed by atoms with van der Waals surface area (Å²) in [4.78, 5) is 23.8. The molecule has 1 fully saturated rings. The zero-order valence-electron chi connectivity index (χ0n) is 11.2. The van der Waals surface area contributed by atoms with E-state index in [9.17, 15) is 20.0 Å². The minimum absolute atomic E-state index is 0.114. The van der Waals surface area contributed by atoms with Gasteiger partial charge < -0.3 is 15.7 Å². The second-order valence-electron chi connectivity index (χ2n) is 4.94. The fourth-order valence-corrected chi connectivity index (χ4v) is 2.54. The number of aliphatic hydroxyl groups is 1. The zero-order chi connectivity index (χ0) is 14.9. The number of hydrogen-bond donors (Lipinski definition) is 2. The number of carbonyl (C=O) groups excluding carboxylic acids is 1. The van der Waals surface area contributed by atoms with Crippen molar-refractivity contribution in [1.29, 1.82) is 0 Å². The molecule has 0 spiro atoms. The Labute approximate surface area is 116 Å². The minimum atomic E-state index is -0.784. The summed E-state index contributed by atoms with van der Waals surface area (Å²) in [6.45, 7) is 2.10. The van der Waals surface area contributed by atoms with Crippen molar-refractivity contribution in [2.45, 2.75) is 31.9 Å². The molecule has 7 nitrogen and oxygen atoms in total. The summed E-state index contributed by atoms with van der Waals surface area (Å²) in [6, 6.07) is 4.03. The number of amides is 1. The maximum Gasteiger partial charge on any atom is 0.292 e. The van der Waals surface area contributed by atoms with Crippen LogP contribution >= 0.6 is 0 Å². The Morgan fingerprint density at radius 1 is 1.60 bits per heavy atom. The van der Waals surface area contributed by atoms with E-state index in [-0.39, 0.29) is 5.69 Å². The first-order valence-corrected chi connectivity index (χ1v) is 6.44. The third-order valence-corrected chi connectivity index (χ3v) is 3.57. The summed E-state index contributed by atoms with van der Waals surface area (Å²) in [5, 5.41) is 20.7.